The molecule has 0 bridgehead atoms. The van der Waals surface area contributed by atoms with Crippen molar-refractivity contribution in [2.45, 2.75) is 45.8 Å². The molecule has 1 aliphatic rings. The van der Waals surface area contributed by atoms with Crippen LogP contribution in [0, 0.1) is 5.92 Å². The SMILES string of the molecule is CC(C)CCn1c(Oc2ccc(OC3CC3)cc2)nc2c1c(=O)n(C)c(=O)n2C. The number of imidazole rings is 1. The maximum absolute atomic E-state index is 12.8. The molecule has 1 fully saturated rings. The first kappa shape index (κ1) is 19.3. The fourth-order valence-electron chi connectivity index (χ4n) is 3.17. The first-order chi connectivity index (χ1) is 13.8. The molecule has 2 aromatic heterocycles. The van der Waals surface area contributed by atoms with Crippen LogP contribution >= 0.6 is 0 Å². The predicted molar refractivity (Wildman–Crippen MR) is 110 cm³/mol. The highest BCUT2D eigenvalue weighted by Crippen LogP contribution is 2.30. The summed E-state index contributed by atoms with van der Waals surface area (Å²) < 4.78 is 16.0. The molecular weight excluding hydrogens is 372 g/mol. The van der Waals surface area contributed by atoms with Crippen LogP contribution in [0.3, 0.4) is 0 Å². The number of benzene rings is 1. The Bertz CT molecular complexity index is 1150. The molecule has 0 radical (unpaired) electrons. The zero-order valence-electron chi connectivity index (χ0n) is 17.2. The standard InChI is InChI=1S/C21H26N4O4/c1-13(2)11-12-25-17-18(23(3)21(27)24(4)19(17)26)22-20(25)29-16-9-7-15(8-10-16)28-14-5-6-14/h7-10,13-14H,5-6,11-12H2,1-4H3. The fraction of sp³-hybridized carbons (Fsp3) is 0.476. The summed E-state index contributed by atoms with van der Waals surface area (Å²) in [6.45, 7) is 4.80. The molecule has 1 saturated carbocycles. The average Bonchev–Trinajstić information content (AvgIpc) is 3.44. The van der Waals surface area contributed by atoms with E-state index in [0.717, 1.165) is 29.6 Å². The molecule has 29 heavy (non-hydrogen) atoms. The molecule has 0 atom stereocenters. The van der Waals surface area contributed by atoms with Crippen molar-refractivity contribution in [1.82, 2.24) is 18.7 Å². The van der Waals surface area contributed by atoms with Crippen LogP contribution in [0.5, 0.6) is 17.5 Å². The zero-order valence-corrected chi connectivity index (χ0v) is 17.2. The van der Waals surface area contributed by atoms with E-state index in [1.54, 1.807) is 11.6 Å². The summed E-state index contributed by atoms with van der Waals surface area (Å²) in [6, 6.07) is 7.67. The molecule has 0 N–H and O–H groups in total. The van der Waals surface area contributed by atoms with Crippen LogP contribution in [-0.2, 0) is 20.6 Å². The fourth-order valence-corrected chi connectivity index (χ4v) is 3.17. The van der Waals surface area contributed by atoms with Gasteiger partial charge in [-0.15, -0.1) is 0 Å². The Balaban J connectivity index is 1.74. The number of fused-ring (bicyclic) bond motifs is 1. The van der Waals surface area contributed by atoms with Crippen molar-refractivity contribution in [2.24, 2.45) is 20.0 Å². The minimum atomic E-state index is -0.413. The highest BCUT2D eigenvalue weighted by molar-refractivity contribution is 5.72. The van der Waals surface area contributed by atoms with Crippen molar-refractivity contribution >= 4 is 11.2 Å². The topological polar surface area (TPSA) is 80.3 Å². The molecule has 1 aromatic carbocycles. The number of nitrogens with zero attached hydrogens (tertiary/aromatic N) is 4. The van der Waals surface area contributed by atoms with Gasteiger partial charge in [0.05, 0.1) is 6.10 Å². The van der Waals surface area contributed by atoms with Gasteiger partial charge in [-0.1, -0.05) is 13.8 Å². The van der Waals surface area contributed by atoms with Crippen molar-refractivity contribution in [1.29, 1.82) is 0 Å². The normalized spacial score (nSPS) is 14.0. The van der Waals surface area contributed by atoms with Crippen LogP contribution in [-0.4, -0.2) is 24.8 Å². The lowest BCUT2D eigenvalue weighted by molar-refractivity contribution is 0.302. The quantitative estimate of drug-likeness (QED) is 0.611. The highest BCUT2D eigenvalue weighted by atomic mass is 16.5. The van der Waals surface area contributed by atoms with Crippen molar-refractivity contribution in [3.8, 4) is 17.5 Å². The molecule has 0 spiro atoms. The maximum Gasteiger partial charge on any atom is 0.332 e. The van der Waals surface area contributed by atoms with E-state index in [0.29, 0.717) is 41.5 Å². The highest BCUT2D eigenvalue weighted by Gasteiger charge is 2.24. The van der Waals surface area contributed by atoms with Gasteiger partial charge in [0, 0.05) is 20.6 Å². The van der Waals surface area contributed by atoms with Crippen molar-refractivity contribution in [3.63, 3.8) is 0 Å². The monoisotopic (exact) mass is 398 g/mol. The molecule has 2 heterocycles. The molecule has 0 amide bonds. The van der Waals surface area contributed by atoms with E-state index in [1.807, 2.05) is 24.3 Å². The Hall–Kier alpha value is -3.03. The van der Waals surface area contributed by atoms with E-state index < -0.39 is 5.69 Å². The van der Waals surface area contributed by atoms with Gasteiger partial charge in [0.15, 0.2) is 11.2 Å². The third-order valence-corrected chi connectivity index (χ3v) is 5.10. The van der Waals surface area contributed by atoms with Crippen LogP contribution in [0.25, 0.3) is 11.2 Å². The third-order valence-electron chi connectivity index (χ3n) is 5.10. The minimum Gasteiger partial charge on any atom is -0.490 e. The second-order valence-corrected chi connectivity index (χ2v) is 8.00. The van der Waals surface area contributed by atoms with E-state index in [9.17, 15) is 9.59 Å². The summed E-state index contributed by atoms with van der Waals surface area (Å²) in [4.78, 5) is 29.6. The number of aryl methyl sites for hydroxylation is 2. The zero-order chi connectivity index (χ0) is 20.7. The number of ether oxygens (including phenoxy) is 2. The molecule has 8 nitrogen and oxygen atoms in total. The molecule has 1 aliphatic carbocycles. The molecule has 154 valence electrons. The van der Waals surface area contributed by atoms with Gasteiger partial charge in [0.25, 0.3) is 5.56 Å². The first-order valence-corrected chi connectivity index (χ1v) is 9.96. The molecule has 0 saturated heterocycles. The van der Waals surface area contributed by atoms with Crippen LogP contribution in [0.15, 0.2) is 33.9 Å². The van der Waals surface area contributed by atoms with Crippen LogP contribution in [0.1, 0.15) is 33.1 Å². The van der Waals surface area contributed by atoms with Crippen molar-refractivity contribution in [2.75, 3.05) is 0 Å². The summed E-state index contributed by atoms with van der Waals surface area (Å²) >= 11 is 0. The van der Waals surface area contributed by atoms with Crippen LogP contribution in [0.2, 0.25) is 0 Å². The van der Waals surface area contributed by atoms with Crippen molar-refractivity contribution in [3.05, 3.63) is 45.1 Å². The Labute approximate surface area is 168 Å². The van der Waals surface area contributed by atoms with E-state index in [1.165, 1.54) is 11.6 Å². The van der Waals surface area contributed by atoms with E-state index in [4.69, 9.17) is 9.47 Å². The lowest BCUT2D eigenvalue weighted by atomic mass is 10.1. The van der Waals surface area contributed by atoms with Gasteiger partial charge in [-0.3, -0.25) is 18.5 Å². The van der Waals surface area contributed by atoms with Crippen molar-refractivity contribution < 1.29 is 9.47 Å². The molecule has 0 aliphatic heterocycles. The van der Waals surface area contributed by atoms with E-state index in [2.05, 4.69) is 18.8 Å². The molecule has 4 rings (SSSR count). The number of hydrogen-bond acceptors (Lipinski definition) is 5. The molecular formula is C21H26N4O4. The van der Waals surface area contributed by atoms with Gasteiger partial charge in [0.2, 0.25) is 0 Å². The predicted octanol–water partition coefficient (Wildman–Crippen LogP) is 2.81. The lowest BCUT2D eigenvalue weighted by Crippen LogP contribution is -2.37. The van der Waals surface area contributed by atoms with Gasteiger partial charge >= 0.3 is 11.7 Å². The Morgan fingerprint density at radius 3 is 2.34 bits per heavy atom. The minimum absolute atomic E-state index is 0.301. The number of hydrogen-bond donors (Lipinski definition) is 0. The van der Waals surface area contributed by atoms with Crippen LogP contribution < -0.4 is 20.7 Å². The Morgan fingerprint density at radius 1 is 1.07 bits per heavy atom. The van der Waals surface area contributed by atoms with Gasteiger partial charge < -0.3 is 9.47 Å². The second kappa shape index (κ2) is 7.42. The summed E-state index contributed by atoms with van der Waals surface area (Å²) in [7, 11) is 3.08. The summed E-state index contributed by atoms with van der Waals surface area (Å²) in [5.41, 5.74) is -0.0870. The number of rotatable bonds is 7. The van der Waals surface area contributed by atoms with E-state index in [-0.39, 0.29) is 5.56 Å². The van der Waals surface area contributed by atoms with E-state index >= 15 is 0 Å². The third kappa shape index (κ3) is 3.79. The summed E-state index contributed by atoms with van der Waals surface area (Å²) in [5.74, 6) is 1.84. The largest absolute Gasteiger partial charge is 0.490 e. The lowest BCUT2D eigenvalue weighted by Gasteiger charge is -2.12. The molecule has 3 aromatic rings. The smallest absolute Gasteiger partial charge is 0.332 e. The molecule has 8 heteroatoms. The maximum atomic E-state index is 12.8. The van der Waals surface area contributed by atoms with Crippen LogP contribution in [0.4, 0.5) is 0 Å². The second-order valence-electron chi connectivity index (χ2n) is 8.00. The van der Waals surface area contributed by atoms with Gasteiger partial charge in [-0.25, -0.2) is 4.79 Å². The van der Waals surface area contributed by atoms with Gasteiger partial charge in [-0.2, -0.15) is 4.98 Å². The van der Waals surface area contributed by atoms with Gasteiger partial charge in [0.1, 0.15) is 11.5 Å². The number of aromatic nitrogens is 4. The first-order valence-electron chi connectivity index (χ1n) is 9.96. The average molecular weight is 398 g/mol. The Morgan fingerprint density at radius 2 is 1.72 bits per heavy atom. The molecule has 0 unspecified atom stereocenters. The Kier molecular flexibility index (Phi) is 4.94. The van der Waals surface area contributed by atoms with Gasteiger partial charge in [-0.05, 0) is 49.4 Å². The summed E-state index contributed by atoms with van der Waals surface area (Å²) in [5, 5.41) is 0. The summed E-state index contributed by atoms with van der Waals surface area (Å²) in [6.07, 6.45) is 3.39.